The highest BCUT2D eigenvalue weighted by Gasteiger charge is 2.24. The van der Waals surface area contributed by atoms with Gasteiger partial charge in [-0.3, -0.25) is 4.79 Å². The Labute approximate surface area is 178 Å². The van der Waals surface area contributed by atoms with Crippen LogP contribution in [-0.4, -0.2) is 47.1 Å². The van der Waals surface area contributed by atoms with Gasteiger partial charge < -0.3 is 15.2 Å². The highest BCUT2D eigenvalue weighted by molar-refractivity contribution is 7.99. The molecule has 0 saturated carbocycles. The zero-order valence-corrected chi connectivity index (χ0v) is 19.1. The number of hydrogen-bond acceptors (Lipinski definition) is 5. The molecule has 0 aliphatic rings. The fourth-order valence-electron chi connectivity index (χ4n) is 2.31. The fourth-order valence-corrected chi connectivity index (χ4v) is 3.31. The van der Waals surface area contributed by atoms with Gasteiger partial charge in [-0.25, -0.2) is 9.59 Å². The van der Waals surface area contributed by atoms with E-state index in [2.05, 4.69) is 56.0 Å². The van der Waals surface area contributed by atoms with Crippen molar-refractivity contribution in [3.05, 3.63) is 34.9 Å². The minimum absolute atomic E-state index is 0.0625. The van der Waals surface area contributed by atoms with Gasteiger partial charge in [0.1, 0.15) is 6.04 Å². The topological polar surface area (TPSA) is 92.7 Å². The van der Waals surface area contributed by atoms with Crippen molar-refractivity contribution < 1.29 is 24.2 Å². The number of nitrogens with one attached hydrogen (secondary N) is 1. The molecule has 0 aromatic rings. The molecule has 0 radical (unpaired) electrons. The number of carbonyl (C=O) groups is 3. The van der Waals surface area contributed by atoms with E-state index in [4.69, 9.17) is 0 Å². The molecule has 1 amide bonds. The number of aliphatic carboxylic acids is 1. The van der Waals surface area contributed by atoms with Crippen LogP contribution in [0.15, 0.2) is 34.9 Å². The Morgan fingerprint density at radius 3 is 2.14 bits per heavy atom. The first-order valence-corrected chi connectivity index (χ1v) is 11.1. The summed E-state index contributed by atoms with van der Waals surface area (Å²) in [5.74, 6) is -2.45. The molecule has 0 bridgehead atoms. The standard InChI is InChI=1S/C22H35NO5S/c1-6-28-22(27)20(24)23-19(21(25)26)15-29-14-13-18(5)12-8-11-17(4)10-7-9-16(2)3/h9,11,13,19H,6-8,10,12,14-15H2,1-5H3,(H,23,24)(H,25,26)/t19-/m0/s1. The molecule has 1 atom stereocenters. The number of ether oxygens (including phenoxy) is 1. The molecule has 0 rings (SSSR count). The summed E-state index contributed by atoms with van der Waals surface area (Å²) in [6, 6.07) is -1.13. The molecule has 164 valence electrons. The maximum atomic E-state index is 11.6. The number of hydrogen-bond donors (Lipinski definition) is 2. The molecule has 0 heterocycles. The predicted octanol–water partition coefficient (Wildman–Crippen LogP) is 4.27. The van der Waals surface area contributed by atoms with Gasteiger partial charge in [0.2, 0.25) is 0 Å². The maximum absolute atomic E-state index is 11.6. The Morgan fingerprint density at radius 2 is 1.59 bits per heavy atom. The molecule has 0 aromatic carbocycles. The normalized spacial score (nSPS) is 12.9. The molecule has 6 nitrogen and oxygen atoms in total. The maximum Gasteiger partial charge on any atom is 0.396 e. The molecule has 0 fully saturated rings. The van der Waals surface area contributed by atoms with Crippen molar-refractivity contribution in [2.24, 2.45) is 0 Å². The third-order valence-electron chi connectivity index (χ3n) is 4.02. The summed E-state index contributed by atoms with van der Waals surface area (Å²) in [7, 11) is 0. The minimum atomic E-state index is -1.18. The number of esters is 1. The zero-order chi connectivity index (χ0) is 22.2. The van der Waals surface area contributed by atoms with Crippen molar-refractivity contribution in [1.82, 2.24) is 5.32 Å². The molecule has 0 spiro atoms. The average Bonchev–Trinajstić information content (AvgIpc) is 2.63. The molecule has 29 heavy (non-hydrogen) atoms. The van der Waals surface area contributed by atoms with Crippen molar-refractivity contribution in [2.75, 3.05) is 18.1 Å². The van der Waals surface area contributed by atoms with Gasteiger partial charge in [-0.15, -0.1) is 0 Å². The van der Waals surface area contributed by atoms with Gasteiger partial charge in [0.05, 0.1) is 6.61 Å². The van der Waals surface area contributed by atoms with E-state index >= 15 is 0 Å². The number of amides is 1. The van der Waals surface area contributed by atoms with Crippen molar-refractivity contribution in [1.29, 1.82) is 0 Å². The van der Waals surface area contributed by atoms with E-state index in [0.717, 1.165) is 25.7 Å². The van der Waals surface area contributed by atoms with E-state index in [1.165, 1.54) is 28.5 Å². The molecule has 0 aromatic heterocycles. The van der Waals surface area contributed by atoms with Gasteiger partial charge >= 0.3 is 17.8 Å². The Balaban J connectivity index is 4.27. The molecule has 0 unspecified atom stereocenters. The highest BCUT2D eigenvalue weighted by Crippen LogP contribution is 2.13. The quantitative estimate of drug-likeness (QED) is 0.198. The van der Waals surface area contributed by atoms with Crippen molar-refractivity contribution in [3.63, 3.8) is 0 Å². The largest absolute Gasteiger partial charge is 0.480 e. The number of carboxylic acids is 1. The zero-order valence-electron chi connectivity index (χ0n) is 18.2. The molecule has 7 heteroatoms. The molecule has 2 N–H and O–H groups in total. The third kappa shape index (κ3) is 14.6. The summed E-state index contributed by atoms with van der Waals surface area (Å²) in [4.78, 5) is 34.1. The minimum Gasteiger partial charge on any atom is -0.480 e. The van der Waals surface area contributed by atoms with Crippen molar-refractivity contribution in [2.45, 2.75) is 66.3 Å². The Morgan fingerprint density at radius 1 is 1.00 bits per heavy atom. The van der Waals surface area contributed by atoms with Gasteiger partial charge in [-0.2, -0.15) is 11.8 Å². The van der Waals surface area contributed by atoms with Crippen LogP contribution >= 0.6 is 11.8 Å². The molecule has 0 aliphatic heterocycles. The fraction of sp³-hybridized carbons (Fsp3) is 0.591. The van der Waals surface area contributed by atoms with Crippen LogP contribution in [0.5, 0.6) is 0 Å². The molecule has 0 aliphatic carbocycles. The summed E-state index contributed by atoms with van der Waals surface area (Å²) in [6.45, 7) is 10.1. The van der Waals surface area contributed by atoms with E-state index in [-0.39, 0.29) is 12.4 Å². The number of rotatable bonds is 13. The third-order valence-corrected chi connectivity index (χ3v) is 4.99. The number of carbonyl (C=O) groups excluding carboxylic acids is 2. The van der Waals surface area contributed by atoms with Crippen LogP contribution in [0.3, 0.4) is 0 Å². The van der Waals surface area contributed by atoms with E-state index in [9.17, 15) is 19.5 Å². The average molecular weight is 426 g/mol. The summed E-state index contributed by atoms with van der Waals surface area (Å²) >= 11 is 1.39. The Kier molecular flexibility index (Phi) is 14.7. The Hall–Kier alpha value is -2.02. The van der Waals surface area contributed by atoms with E-state index < -0.39 is 23.9 Å². The van der Waals surface area contributed by atoms with E-state index in [1.54, 1.807) is 6.92 Å². The van der Waals surface area contributed by atoms with E-state index in [1.807, 2.05) is 0 Å². The lowest BCUT2D eigenvalue weighted by Crippen LogP contribution is -2.46. The SMILES string of the molecule is CCOC(=O)C(=O)N[C@@H](CSCC=C(C)CCC=C(C)CCC=C(C)C)C(=O)O. The summed E-state index contributed by atoms with van der Waals surface area (Å²) in [5, 5.41) is 11.4. The second-order valence-corrected chi connectivity index (χ2v) is 8.16. The van der Waals surface area contributed by atoms with Gasteiger partial charge in [0.25, 0.3) is 0 Å². The molecular weight excluding hydrogens is 390 g/mol. The van der Waals surface area contributed by atoms with Crippen LogP contribution in [0.2, 0.25) is 0 Å². The van der Waals surface area contributed by atoms with Gasteiger partial charge in [-0.1, -0.05) is 34.9 Å². The van der Waals surface area contributed by atoms with Crippen molar-refractivity contribution >= 4 is 29.6 Å². The first kappa shape index (κ1) is 27.0. The highest BCUT2D eigenvalue weighted by atomic mass is 32.2. The second kappa shape index (κ2) is 15.9. The molecular formula is C22H35NO5S. The summed E-state index contributed by atoms with van der Waals surface area (Å²) in [5.41, 5.74) is 3.99. The van der Waals surface area contributed by atoms with Gasteiger partial charge in [0.15, 0.2) is 0 Å². The lowest BCUT2D eigenvalue weighted by atomic mass is 10.1. The smallest absolute Gasteiger partial charge is 0.396 e. The molecule has 0 saturated heterocycles. The van der Waals surface area contributed by atoms with Crippen molar-refractivity contribution in [3.8, 4) is 0 Å². The summed E-state index contributed by atoms with van der Waals surface area (Å²) < 4.78 is 4.56. The first-order chi connectivity index (χ1) is 13.7. The number of allylic oxidation sites excluding steroid dienone is 5. The Bertz CT molecular complexity index is 633. The first-order valence-electron chi connectivity index (χ1n) is 9.90. The van der Waals surface area contributed by atoms with Gasteiger partial charge in [0, 0.05) is 11.5 Å². The lowest BCUT2D eigenvalue weighted by molar-refractivity contribution is -0.155. The summed E-state index contributed by atoms with van der Waals surface area (Å²) in [6.07, 6.45) is 10.7. The monoisotopic (exact) mass is 425 g/mol. The van der Waals surface area contributed by atoms with E-state index in [0.29, 0.717) is 5.75 Å². The van der Waals surface area contributed by atoms with Gasteiger partial charge in [-0.05, 0) is 60.3 Å². The van der Waals surface area contributed by atoms with Crippen LogP contribution in [0.25, 0.3) is 0 Å². The predicted molar refractivity (Wildman–Crippen MR) is 119 cm³/mol. The number of thioether (sulfide) groups is 1. The second-order valence-electron chi connectivity index (χ2n) is 7.08. The lowest BCUT2D eigenvalue weighted by Gasteiger charge is -2.13. The van der Waals surface area contributed by atoms with Crippen LogP contribution in [0.4, 0.5) is 0 Å². The van der Waals surface area contributed by atoms with Crippen LogP contribution in [-0.2, 0) is 19.1 Å². The number of carboxylic acid groups (broad SMARTS) is 1. The van der Waals surface area contributed by atoms with Crippen LogP contribution in [0.1, 0.15) is 60.3 Å². The van der Waals surface area contributed by atoms with Crippen LogP contribution in [0, 0.1) is 0 Å². The van der Waals surface area contributed by atoms with Crippen LogP contribution < -0.4 is 5.32 Å².